The molecule has 22 heavy (non-hydrogen) atoms. The van der Waals surface area contributed by atoms with Crippen molar-refractivity contribution in [2.75, 3.05) is 27.1 Å². The van der Waals surface area contributed by atoms with Crippen molar-refractivity contribution in [3.8, 4) is 5.75 Å². The molecular formula is C15H22N2O4S. The van der Waals surface area contributed by atoms with Gasteiger partial charge in [-0.15, -0.1) is 0 Å². The molecule has 2 aromatic rings. The molecule has 0 aliphatic carbocycles. The molecule has 0 bridgehead atoms. The molecule has 6 nitrogen and oxygen atoms in total. The third-order valence-electron chi connectivity index (χ3n) is 3.14. The van der Waals surface area contributed by atoms with E-state index in [1.54, 1.807) is 20.2 Å². The fourth-order valence-corrected chi connectivity index (χ4v) is 2.61. The highest BCUT2D eigenvalue weighted by molar-refractivity contribution is 7.81. The van der Waals surface area contributed by atoms with Gasteiger partial charge in [0, 0.05) is 26.2 Å². The zero-order chi connectivity index (χ0) is 20.0. The number of hydrogen-bond donors (Lipinski definition) is 1. The average molecular weight is 330 g/mol. The molecule has 0 radical (unpaired) electrons. The Hall–Kier alpha value is -1.57. The molecule has 0 atom stereocenters. The van der Waals surface area contributed by atoms with E-state index in [0.29, 0.717) is 18.5 Å². The Morgan fingerprint density at radius 2 is 2.14 bits per heavy atom. The number of likely N-dealkylation sites (N-methyl/N-ethyl adjacent to an activating group) is 1. The molecule has 0 saturated carbocycles. The van der Waals surface area contributed by atoms with Crippen LogP contribution in [0.3, 0.4) is 0 Å². The Bertz CT molecular complexity index is 910. The summed E-state index contributed by atoms with van der Waals surface area (Å²) in [6.07, 6.45) is -0.575. The number of aromatic nitrogens is 1. The number of nitrogens with zero attached hydrogens (tertiary/aromatic N) is 1. The van der Waals surface area contributed by atoms with Crippen LogP contribution in [0.4, 0.5) is 0 Å². The molecule has 1 heterocycles. The maximum absolute atomic E-state index is 11.0. The van der Waals surface area contributed by atoms with Crippen molar-refractivity contribution in [3.05, 3.63) is 30.0 Å². The van der Waals surface area contributed by atoms with Crippen molar-refractivity contribution in [1.29, 1.82) is 0 Å². The van der Waals surface area contributed by atoms with Crippen LogP contribution in [0.25, 0.3) is 10.9 Å². The Kier molecular flexibility index (Phi) is 3.40. The van der Waals surface area contributed by atoms with Crippen molar-refractivity contribution in [2.45, 2.75) is 19.7 Å². The van der Waals surface area contributed by atoms with Crippen molar-refractivity contribution in [3.63, 3.8) is 0 Å². The Balaban J connectivity index is 2.69. The maximum atomic E-state index is 11.0. The molecule has 0 saturated heterocycles. The van der Waals surface area contributed by atoms with E-state index in [-0.39, 0.29) is 21.2 Å². The SMILES string of the molecule is [2H]C([2H])(c1c[nH]c2cccc(OS(=O)(=O)[O-])c12)C([2H])([2H])[N+](C)(C)CCC. The third-order valence-corrected chi connectivity index (χ3v) is 3.52. The van der Waals surface area contributed by atoms with Crippen LogP contribution in [0, 0.1) is 0 Å². The molecule has 7 heteroatoms. The first-order valence-corrected chi connectivity index (χ1v) is 8.17. The van der Waals surface area contributed by atoms with Crippen molar-refractivity contribution in [1.82, 2.24) is 4.98 Å². The topological polar surface area (TPSA) is 82.2 Å². The number of rotatable bonds is 7. The minimum Gasteiger partial charge on any atom is -0.716 e. The molecule has 1 aromatic heterocycles. The lowest BCUT2D eigenvalue weighted by atomic mass is 10.1. The van der Waals surface area contributed by atoms with E-state index in [9.17, 15) is 13.0 Å². The molecular weight excluding hydrogens is 304 g/mol. The lowest BCUT2D eigenvalue weighted by Crippen LogP contribution is -2.41. The highest BCUT2D eigenvalue weighted by Crippen LogP contribution is 2.30. The van der Waals surface area contributed by atoms with Gasteiger partial charge in [0.15, 0.2) is 5.75 Å². The zero-order valence-corrected chi connectivity index (χ0v) is 13.5. The number of H-pyrrole nitrogens is 1. The first-order chi connectivity index (χ1) is 11.7. The fourth-order valence-electron chi connectivity index (χ4n) is 2.26. The molecule has 0 aliphatic heterocycles. The van der Waals surface area contributed by atoms with Gasteiger partial charge in [-0.1, -0.05) is 13.0 Å². The Labute approximate surface area is 136 Å². The molecule has 0 amide bonds. The minimum absolute atomic E-state index is 0.0253. The summed E-state index contributed by atoms with van der Waals surface area (Å²) in [5, 5.41) is 0.0253. The second-order valence-electron chi connectivity index (χ2n) is 5.52. The van der Waals surface area contributed by atoms with E-state index < -0.39 is 23.3 Å². The third kappa shape index (κ3) is 4.22. The summed E-state index contributed by atoms with van der Waals surface area (Å²) in [5.41, 5.74) is 0.223. The fraction of sp³-hybridized carbons (Fsp3) is 0.467. The molecule has 1 N–H and O–H groups in total. The van der Waals surface area contributed by atoms with Crippen molar-refractivity contribution < 1.29 is 27.1 Å². The zero-order valence-electron chi connectivity index (χ0n) is 16.7. The predicted molar refractivity (Wildman–Crippen MR) is 84.5 cm³/mol. The smallest absolute Gasteiger partial charge is 0.262 e. The van der Waals surface area contributed by atoms with E-state index >= 15 is 0 Å². The van der Waals surface area contributed by atoms with Crippen molar-refractivity contribution >= 4 is 21.3 Å². The van der Waals surface area contributed by atoms with Gasteiger partial charge in [-0.25, -0.2) is 8.42 Å². The number of aryl methyl sites for hydroxylation is 1. The van der Waals surface area contributed by atoms with Crippen LogP contribution in [-0.4, -0.2) is 49.6 Å². The molecule has 1 aromatic carbocycles. The van der Waals surface area contributed by atoms with Crippen molar-refractivity contribution in [2.24, 2.45) is 0 Å². The summed E-state index contributed by atoms with van der Waals surface area (Å²) in [5.74, 6) is -0.339. The predicted octanol–water partition coefficient (Wildman–Crippen LogP) is 2.04. The van der Waals surface area contributed by atoms with Crippen LogP contribution in [0.2, 0.25) is 0 Å². The van der Waals surface area contributed by atoms with Gasteiger partial charge < -0.3 is 18.2 Å². The van der Waals surface area contributed by atoms with Gasteiger partial charge in [-0.3, -0.25) is 0 Å². The summed E-state index contributed by atoms with van der Waals surface area (Å²) in [6, 6.07) is 4.23. The minimum atomic E-state index is -5.07. The number of nitrogens with one attached hydrogen (secondary N) is 1. The van der Waals surface area contributed by atoms with Crippen LogP contribution < -0.4 is 4.18 Å². The molecule has 0 aliphatic rings. The van der Waals surface area contributed by atoms with Gasteiger partial charge in [0.2, 0.25) is 0 Å². The number of quaternary nitrogens is 1. The van der Waals surface area contributed by atoms with E-state index in [4.69, 9.17) is 5.48 Å². The van der Waals surface area contributed by atoms with Crippen LogP contribution in [0.5, 0.6) is 5.75 Å². The molecule has 0 fully saturated rings. The number of aromatic amines is 1. The normalized spacial score (nSPS) is 16.7. The maximum Gasteiger partial charge on any atom is 0.262 e. The first kappa shape index (κ1) is 11.9. The number of fused-ring (bicyclic) bond motifs is 1. The van der Waals surface area contributed by atoms with E-state index in [1.807, 2.05) is 6.92 Å². The van der Waals surface area contributed by atoms with Gasteiger partial charge in [0.25, 0.3) is 10.4 Å². The van der Waals surface area contributed by atoms with Crippen LogP contribution in [0.1, 0.15) is 24.4 Å². The molecule has 0 unspecified atom stereocenters. The summed E-state index contributed by atoms with van der Waals surface area (Å²) < 4.78 is 71.2. The van der Waals surface area contributed by atoms with Gasteiger partial charge in [0.05, 0.1) is 29.9 Å². The standard InChI is InChI=1S/C15H22N2O4S/c1-4-9-17(2,3)10-8-12-11-16-13-6-5-7-14(15(12)13)21-22(18,19)20/h5-7,11,16H,4,8-10H2,1-3H3/i8D2,10D2. The molecule has 0 spiro atoms. The van der Waals surface area contributed by atoms with Crippen LogP contribution in [-0.2, 0) is 16.8 Å². The largest absolute Gasteiger partial charge is 0.716 e. The highest BCUT2D eigenvalue weighted by Gasteiger charge is 2.17. The van der Waals surface area contributed by atoms with Gasteiger partial charge >= 0.3 is 0 Å². The summed E-state index contributed by atoms with van der Waals surface area (Å²) in [7, 11) is -1.88. The lowest BCUT2D eigenvalue weighted by Gasteiger charge is -2.29. The first-order valence-electron chi connectivity index (χ1n) is 8.83. The summed E-state index contributed by atoms with van der Waals surface area (Å²) >= 11 is 0. The molecule has 2 rings (SSSR count). The second kappa shape index (κ2) is 6.28. The van der Waals surface area contributed by atoms with Gasteiger partial charge in [-0.05, 0) is 24.1 Å². The van der Waals surface area contributed by atoms with E-state index in [0.717, 1.165) is 0 Å². The van der Waals surface area contributed by atoms with E-state index in [2.05, 4.69) is 9.17 Å². The van der Waals surface area contributed by atoms with Crippen LogP contribution >= 0.6 is 0 Å². The lowest BCUT2D eigenvalue weighted by molar-refractivity contribution is -0.890. The number of benzene rings is 1. The average Bonchev–Trinajstić information content (AvgIpc) is 2.91. The molecule has 122 valence electrons. The van der Waals surface area contributed by atoms with Gasteiger partial charge in [-0.2, -0.15) is 0 Å². The second-order valence-corrected chi connectivity index (χ2v) is 6.50. The van der Waals surface area contributed by atoms with E-state index in [1.165, 1.54) is 18.3 Å². The highest BCUT2D eigenvalue weighted by atomic mass is 32.3. The summed E-state index contributed by atoms with van der Waals surface area (Å²) in [6.45, 7) is -0.0723. The monoisotopic (exact) mass is 330 g/mol. The number of hydrogen-bond acceptors (Lipinski definition) is 4. The Morgan fingerprint density at radius 1 is 1.41 bits per heavy atom. The van der Waals surface area contributed by atoms with Crippen LogP contribution in [0.15, 0.2) is 24.4 Å². The van der Waals surface area contributed by atoms with Gasteiger partial charge in [0.1, 0.15) is 0 Å². The summed E-state index contributed by atoms with van der Waals surface area (Å²) in [4.78, 5) is 2.79. The quantitative estimate of drug-likeness (QED) is 0.478. The Morgan fingerprint density at radius 3 is 2.77 bits per heavy atom.